The van der Waals surface area contributed by atoms with Gasteiger partial charge in [0.05, 0.1) is 5.56 Å². The summed E-state index contributed by atoms with van der Waals surface area (Å²) in [6.45, 7) is 2.20. The first-order valence-electron chi connectivity index (χ1n) is 11.8. The molecule has 0 N–H and O–H groups in total. The van der Waals surface area contributed by atoms with Gasteiger partial charge in [-0.05, 0) is 60.9 Å². The summed E-state index contributed by atoms with van der Waals surface area (Å²) in [5.74, 6) is 1.24. The summed E-state index contributed by atoms with van der Waals surface area (Å²) < 4.78 is 30.2. The molecule has 1 saturated heterocycles. The van der Waals surface area contributed by atoms with Crippen LogP contribution in [0.4, 0.5) is 4.39 Å². The van der Waals surface area contributed by atoms with Crippen molar-refractivity contribution >= 4 is 11.7 Å². The third-order valence-electron chi connectivity index (χ3n) is 6.40. The Bertz CT molecular complexity index is 1220. The molecule has 0 unspecified atom stereocenters. The number of hydrogen-bond acceptors (Lipinski definition) is 5. The number of fused-ring (bicyclic) bond motifs is 1. The number of Topliss-reactive ketones (excluding diaryl/α,β-unsaturated/α-hetero) is 1. The first-order chi connectivity index (χ1) is 17.1. The Morgan fingerprint density at radius 1 is 0.914 bits per heavy atom. The van der Waals surface area contributed by atoms with Crippen molar-refractivity contribution in [1.29, 1.82) is 0 Å². The van der Waals surface area contributed by atoms with E-state index in [2.05, 4.69) is 0 Å². The number of likely N-dealkylation sites (tertiary alicyclic amines) is 1. The summed E-state index contributed by atoms with van der Waals surface area (Å²) in [6.07, 6.45) is 1.19. The molecule has 180 valence electrons. The largest absolute Gasteiger partial charge is 0.488 e. The lowest BCUT2D eigenvalue weighted by Crippen LogP contribution is -2.40. The van der Waals surface area contributed by atoms with Gasteiger partial charge in [0, 0.05) is 24.6 Å². The van der Waals surface area contributed by atoms with Crippen LogP contribution in [0, 0.1) is 11.7 Å². The second-order valence-corrected chi connectivity index (χ2v) is 8.70. The third-order valence-corrected chi connectivity index (χ3v) is 6.40. The second-order valence-electron chi connectivity index (χ2n) is 8.70. The van der Waals surface area contributed by atoms with E-state index in [9.17, 15) is 14.0 Å². The van der Waals surface area contributed by atoms with Crippen LogP contribution in [0.2, 0.25) is 0 Å². The number of ketones is 1. The summed E-state index contributed by atoms with van der Waals surface area (Å²) in [4.78, 5) is 28.1. The normalized spacial score (nSPS) is 15.5. The van der Waals surface area contributed by atoms with Crippen LogP contribution < -0.4 is 14.2 Å². The monoisotopic (exact) mass is 475 g/mol. The van der Waals surface area contributed by atoms with Crippen molar-refractivity contribution in [3.63, 3.8) is 0 Å². The molecule has 2 aliphatic rings. The molecule has 0 aromatic heterocycles. The second kappa shape index (κ2) is 10.2. The van der Waals surface area contributed by atoms with Crippen molar-refractivity contribution < 1.29 is 28.2 Å². The smallest absolute Gasteiger partial charge is 0.257 e. The van der Waals surface area contributed by atoms with Crippen molar-refractivity contribution in [3.05, 3.63) is 89.2 Å². The van der Waals surface area contributed by atoms with Gasteiger partial charge in [-0.3, -0.25) is 9.59 Å². The first kappa shape index (κ1) is 22.9. The van der Waals surface area contributed by atoms with E-state index in [0.717, 1.165) is 5.56 Å². The Hall–Kier alpha value is -3.87. The van der Waals surface area contributed by atoms with Crippen molar-refractivity contribution in [2.45, 2.75) is 19.4 Å². The van der Waals surface area contributed by atoms with Gasteiger partial charge in [-0.2, -0.15) is 0 Å². The van der Waals surface area contributed by atoms with Crippen LogP contribution in [-0.4, -0.2) is 42.9 Å². The molecule has 0 aliphatic carbocycles. The molecular weight excluding hydrogens is 449 g/mol. The van der Waals surface area contributed by atoms with Gasteiger partial charge in [0.2, 0.25) is 0 Å². The van der Waals surface area contributed by atoms with Crippen LogP contribution in [0.5, 0.6) is 17.2 Å². The van der Waals surface area contributed by atoms with E-state index in [-0.39, 0.29) is 30.0 Å². The Labute approximate surface area is 203 Å². The number of carbonyl (C=O) groups excluding carboxylic acids is 2. The van der Waals surface area contributed by atoms with Gasteiger partial charge in [-0.25, -0.2) is 4.39 Å². The molecule has 0 spiro atoms. The summed E-state index contributed by atoms with van der Waals surface area (Å²) in [7, 11) is 0. The van der Waals surface area contributed by atoms with Crippen LogP contribution >= 0.6 is 0 Å². The fourth-order valence-electron chi connectivity index (χ4n) is 4.46. The van der Waals surface area contributed by atoms with Gasteiger partial charge >= 0.3 is 0 Å². The molecule has 2 aliphatic heterocycles. The van der Waals surface area contributed by atoms with Crippen LogP contribution in [-0.2, 0) is 6.61 Å². The predicted octanol–water partition coefficient (Wildman–Crippen LogP) is 4.91. The maximum Gasteiger partial charge on any atom is 0.257 e. The quantitative estimate of drug-likeness (QED) is 0.474. The van der Waals surface area contributed by atoms with Crippen LogP contribution in [0.25, 0.3) is 0 Å². The Morgan fingerprint density at radius 2 is 1.63 bits per heavy atom. The molecule has 0 radical (unpaired) electrons. The van der Waals surface area contributed by atoms with E-state index in [0.29, 0.717) is 67.5 Å². The lowest BCUT2D eigenvalue weighted by Gasteiger charge is -2.32. The Kier molecular flexibility index (Phi) is 6.66. The Balaban J connectivity index is 1.21. The van der Waals surface area contributed by atoms with E-state index < -0.39 is 0 Å². The van der Waals surface area contributed by atoms with Crippen LogP contribution in [0.1, 0.15) is 39.1 Å². The average molecular weight is 476 g/mol. The molecule has 1 fully saturated rings. The molecule has 3 aromatic rings. The minimum absolute atomic E-state index is 0.0668. The lowest BCUT2D eigenvalue weighted by atomic mass is 9.88. The number of nitrogens with zero attached hydrogens (tertiary/aromatic N) is 1. The molecule has 1 amide bonds. The van der Waals surface area contributed by atoms with E-state index >= 15 is 0 Å². The van der Waals surface area contributed by atoms with Crippen molar-refractivity contribution in [2.75, 3.05) is 26.3 Å². The number of hydrogen-bond donors (Lipinski definition) is 0. The molecule has 0 saturated carbocycles. The molecule has 35 heavy (non-hydrogen) atoms. The number of piperidine rings is 1. The van der Waals surface area contributed by atoms with E-state index in [4.69, 9.17) is 14.2 Å². The molecule has 5 rings (SSSR count). The van der Waals surface area contributed by atoms with Gasteiger partial charge in [-0.1, -0.05) is 24.3 Å². The molecule has 3 aromatic carbocycles. The van der Waals surface area contributed by atoms with E-state index in [1.54, 1.807) is 53.4 Å². The highest BCUT2D eigenvalue weighted by Crippen LogP contribution is 2.33. The summed E-state index contributed by atoms with van der Waals surface area (Å²) >= 11 is 0. The number of benzene rings is 3. The highest BCUT2D eigenvalue weighted by atomic mass is 19.1. The zero-order valence-electron chi connectivity index (χ0n) is 19.2. The SMILES string of the molecule is O=C(c1ccc2c(c1)OCCO2)C1CCN(C(=O)c2ccccc2OCc2ccc(F)cc2)CC1. The van der Waals surface area contributed by atoms with Crippen LogP contribution in [0.3, 0.4) is 0 Å². The van der Waals surface area contributed by atoms with Crippen molar-refractivity contribution in [3.8, 4) is 17.2 Å². The zero-order chi connectivity index (χ0) is 24.2. The standard InChI is InChI=1S/C28H26FNO5/c29-22-8-5-19(6-9-22)18-35-24-4-2-1-3-23(24)28(32)30-13-11-20(12-14-30)27(31)21-7-10-25-26(17-21)34-16-15-33-25/h1-10,17,20H,11-16,18H2. The number of amides is 1. The fourth-order valence-corrected chi connectivity index (χ4v) is 4.46. The first-order valence-corrected chi connectivity index (χ1v) is 11.8. The van der Waals surface area contributed by atoms with Gasteiger partial charge in [0.1, 0.15) is 31.4 Å². The predicted molar refractivity (Wildman–Crippen MR) is 128 cm³/mol. The topological polar surface area (TPSA) is 65.1 Å². The Morgan fingerprint density at radius 3 is 2.40 bits per heavy atom. The number of halogens is 1. The highest BCUT2D eigenvalue weighted by Gasteiger charge is 2.30. The summed E-state index contributed by atoms with van der Waals surface area (Å²) in [5, 5.41) is 0. The number of ether oxygens (including phenoxy) is 3. The lowest BCUT2D eigenvalue weighted by molar-refractivity contribution is 0.0646. The van der Waals surface area contributed by atoms with E-state index in [1.165, 1.54) is 12.1 Å². The number of para-hydroxylation sites is 1. The number of carbonyl (C=O) groups is 2. The van der Waals surface area contributed by atoms with Crippen molar-refractivity contribution in [2.24, 2.45) is 5.92 Å². The van der Waals surface area contributed by atoms with Gasteiger partial charge < -0.3 is 19.1 Å². The molecule has 7 heteroatoms. The van der Waals surface area contributed by atoms with Crippen molar-refractivity contribution in [1.82, 2.24) is 4.90 Å². The van der Waals surface area contributed by atoms with E-state index in [1.807, 2.05) is 6.07 Å². The van der Waals surface area contributed by atoms with Gasteiger partial charge in [0.15, 0.2) is 17.3 Å². The molecule has 2 heterocycles. The van der Waals surface area contributed by atoms with Gasteiger partial charge in [0.25, 0.3) is 5.91 Å². The third kappa shape index (κ3) is 5.14. The molecule has 0 bridgehead atoms. The summed E-state index contributed by atoms with van der Waals surface area (Å²) in [6, 6.07) is 18.5. The highest BCUT2D eigenvalue weighted by molar-refractivity contribution is 5.99. The van der Waals surface area contributed by atoms with Gasteiger partial charge in [-0.15, -0.1) is 0 Å². The molecule has 0 atom stereocenters. The zero-order valence-corrected chi connectivity index (χ0v) is 19.2. The number of rotatable bonds is 6. The summed E-state index contributed by atoms with van der Waals surface area (Å²) in [5.41, 5.74) is 1.90. The molecular formula is C28H26FNO5. The maximum absolute atomic E-state index is 13.3. The van der Waals surface area contributed by atoms with Crippen LogP contribution in [0.15, 0.2) is 66.7 Å². The average Bonchev–Trinajstić information content (AvgIpc) is 2.92. The minimum atomic E-state index is -0.305. The maximum atomic E-state index is 13.3. The molecule has 6 nitrogen and oxygen atoms in total. The fraction of sp³-hybridized carbons (Fsp3) is 0.286. The minimum Gasteiger partial charge on any atom is -0.488 e.